The maximum Gasteiger partial charge on any atom is 0.319 e. The zero-order chi connectivity index (χ0) is 16.9. The summed E-state index contributed by atoms with van der Waals surface area (Å²) in [6.07, 6.45) is 5.64. The first-order valence-corrected chi connectivity index (χ1v) is 8.42. The minimum absolute atomic E-state index is 0.0199. The van der Waals surface area contributed by atoms with Crippen molar-refractivity contribution < 1.29 is 14.0 Å². The van der Waals surface area contributed by atoms with E-state index in [1.165, 1.54) is 29.5 Å². The zero-order valence-electron chi connectivity index (χ0n) is 12.7. The van der Waals surface area contributed by atoms with Crippen molar-refractivity contribution in [3.05, 3.63) is 58.6 Å². The van der Waals surface area contributed by atoms with Crippen LogP contribution in [0.1, 0.15) is 23.2 Å². The van der Waals surface area contributed by atoms with Crippen LogP contribution in [-0.2, 0) is 0 Å². The van der Waals surface area contributed by atoms with Gasteiger partial charge in [0, 0.05) is 17.1 Å². The predicted octanol–water partition coefficient (Wildman–Crippen LogP) is 3.98. The van der Waals surface area contributed by atoms with Gasteiger partial charge in [0.05, 0.1) is 11.3 Å². The molecule has 1 aliphatic rings. The largest absolute Gasteiger partial charge is 0.335 e. The van der Waals surface area contributed by atoms with E-state index in [1.54, 1.807) is 16.8 Å². The molecule has 1 aromatic heterocycles. The summed E-state index contributed by atoms with van der Waals surface area (Å²) >= 11 is 1.38. The number of nitrogens with one attached hydrogen (secondary N) is 3. The average molecular weight is 345 g/mol. The molecule has 0 bridgehead atoms. The number of carbonyl (C=O) groups excluding carboxylic acids is 2. The Morgan fingerprint density at radius 2 is 1.92 bits per heavy atom. The fourth-order valence-corrected chi connectivity index (χ4v) is 3.01. The summed E-state index contributed by atoms with van der Waals surface area (Å²) < 4.78 is 13.9. The molecule has 0 unspecified atom stereocenters. The third-order valence-corrected chi connectivity index (χ3v) is 4.28. The van der Waals surface area contributed by atoms with Crippen molar-refractivity contribution in [2.24, 2.45) is 0 Å². The Morgan fingerprint density at radius 3 is 2.62 bits per heavy atom. The first kappa shape index (κ1) is 16.2. The molecular weight excluding hydrogens is 329 g/mol. The van der Waals surface area contributed by atoms with Gasteiger partial charge in [0.25, 0.3) is 5.91 Å². The number of anilines is 2. The molecule has 0 saturated carbocycles. The highest BCUT2D eigenvalue weighted by Gasteiger charge is 2.14. The minimum Gasteiger partial charge on any atom is -0.335 e. The summed E-state index contributed by atoms with van der Waals surface area (Å²) in [5, 5.41) is 11.4. The highest BCUT2D eigenvalue weighted by Crippen LogP contribution is 2.21. The fourth-order valence-electron chi connectivity index (χ4n) is 2.37. The highest BCUT2D eigenvalue weighted by molar-refractivity contribution is 7.08. The number of thiophene rings is 1. The Kier molecular flexibility index (Phi) is 4.90. The number of hydrogen-bond donors (Lipinski definition) is 3. The quantitative estimate of drug-likeness (QED) is 0.734. The van der Waals surface area contributed by atoms with Gasteiger partial charge in [0.15, 0.2) is 0 Å². The van der Waals surface area contributed by atoms with Crippen LogP contribution in [-0.4, -0.2) is 18.0 Å². The predicted molar refractivity (Wildman–Crippen MR) is 93.0 cm³/mol. The average Bonchev–Trinajstić information content (AvgIpc) is 3.23. The summed E-state index contributed by atoms with van der Waals surface area (Å²) in [6, 6.07) is 5.43. The van der Waals surface area contributed by atoms with Crippen LogP contribution >= 0.6 is 11.3 Å². The van der Waals surface area contributed by atoms with Crippen molar-refractivity contribution in [1.82, 2.24) is 5.32 Å². The van der Waals surface area contributed by atoms with E-state index in [0.717, 1.165) is 12.8 Å². The van der Waals surface area contributed by atoms with Gasteiger partial charge < -0.3 is 16.0 Å². The fraction of sp³-hybridized carbons (Fsp3) is 0.176. The smallest absolute Gasteiger partial charge is 0.319 e. The number of hydrogen-bond acceptors (Lipinski definition) is 3. The van der Waals surface area contributed by atoms with Gasteiger partial charge in [0.2, 0.25) is 0 Å². The molecule has 0 saturated heterocycles. The van der Waals surface area contributed by atoms with Gasteiger partial charge in [-0.3, -0.25) is 4.79 Å². The molecule has 2 aromatic rings. The maximum absolute atomic E-state index is 13.9. The summed E-state index contributed by atoms with van der Waals surface area (Å²) in [5.74, 6) is -0.960. The number of amides is 3. The van der Waals surface area contributed by atoms with Crippen LogP contribution in [0.3, 0.4) is 0 Å². The summed E-state index contributed by atoms with van der Waals surface area (Å²) in [6.45, 7) is 0. The normalized spacial score (nSPS) is 13.7. The number of urea groups is 1. The van der Waals surface area contributed by atoms with Gasteiger partial charge >= 0.3 is 6.03 Å². The molecule has 1 aromatic carbocycles. The number of benzene rings is 1. The monoisotopic (exact) mass is 345 g/mol. The van der Waals surface area contributed by atoms with E-state index in [1.807, 2.05) is 12.2 Å². The third kappa shape index (κ3) is 3.99. The lowest BCUT2D eigenvalue weighted by molar-refractivity contribution is 0.102. The van der Waals surface area contributed by atoms with E-state index in [9.17, 15) is 14.0 Å². The lowest BCUT2D eigenvalue weighted by Crippen LogP contribution is -2.36. The number of carbonyl (C=O) groups is 2. The molecule has 1 aliphatic carbocycles. The van der Waals surface area contributed by atoms with Gasteiger partial charge in [-0.1, -0.05) is 12.2 Å². The van der Waals surface area contributed by atoms with Crippen LogP contribution in [0.4, 0.5) is 20.6 Å². The molecule has 124 valence electrons. The van der Waals surface area contributed by atoms with Crippen LogP contribution < -0.4 is 16.0 Å². The van der Waals surface area contributed by atoms with Gasteiger partial charge in [-0.2, -0.15) is 11.3 Å². The molecule has 1 heterocycles. The Morgan fingerprint density at radius 1 is 1.12 bits per heavy atom. The summed E-state index contributed by atoms with van der Waals surface area (Å²) in [7, 11) is 0. The van der Waals surface area contributed by atoms with Crippen molar-refractivity contribution >= 4 is 34.6 Å². The molecule has 24 heavy (non-hydrogen) atoms. The second-order valence-corrected chi connectivity index (χ2v) is 6.18. The first-order valence-electron chi connectivity index (χ1n) is 7.47. The van der Waals surface area contributed by atoms with Gasteiger partial charge in [-0.05, 0) is 42.5 Å². The first-order chi connectivity index (χ1) is 11.6. The molecule has 0 aliphatic heterocycles. The van der Waals surface area contributed by atoms with Crippen molar-refractivity contribution in [3.63, 3.8) is 0 Å². The van der Waals surface area contributed by atoms with E-state index in [0.29, 0.717) is 11.3 Å². The summed E-state index contributed by atoms with van der Waals surface area (Å²) in [5.41, 5.74) is 0.885. The topological polar surface area (TPSA) is 70.2 Å². The van der Waals surface area contributed by atoms with E-state index in [-0.39, 0.29) is 17.8 Å². The Bertz CT molecular complexity index is 766. The molecule has 0 radical (unpaired) electrons. The third-order valence-electron chi connectivity index (χ3n) is 3.60. The van der Waals surface area contributed by atoms with Crippen LogP contribution in [0.5, 0.6) is 0 Å². The molecule has 3 rings (SSSR count). The number of halogens is 1. The SMILES string of the molecule is O=C(Nc1ccc(F)c(NC(=O)c2ccsc2)c1)NC1CC=CC1. The van der Waals surface area contributed by atoms with Gasteiger partial charge in [0.1, 0.15) is 5.82 Å². The second-order valence-electron chi connectivity index (χ2n) is 5.40. The van der Waals surface area contributed by atoms with Gasteiger partial charge in [-0.15, -0.1) is 0 Å². The minimum atomic E-state index is -0.565. The van der Waals surface area contributed by atoms with E-state index in [4.69, 9.17) is 0 Å². The molecule has 7 heteroatoms. The molecular formula is C17H16FN3O2S. The van der Waals surface area contributed by atoms with Crippen LogP contribution in [0.25, 0.3) is 0 Å². The Hall–Kier alpha value is -2.67. The van der Waals surface area contributed by atoms with Crippen molar-refractivity contribution in [2.75, 3.05) is 10.6 Å². The van der Waals surface area contributed by atoms with Crippen molar-refractivity contribution in [2.45, 2.75) is 18.9 Å². The molecule has 0 spiro atoms. The molecule has 5 nitrogen and oxygen atoms in total. The van der Waals surface area contributed by atoms with E-state index < -0.39 is 11.7 Å². The molecule has 0 fully saturated rings. The molecule has 0 atom stereocenters. The Labute approximate surface area is 142 Å². The highest BCUT2D eigenvalue weighted by atomic mass is 32.1. The lowest BCUT2D eigenvalue weighted by atomic mass is 10.2. The molecule has 3 amide bonds. The zero-order valence-corrected chi connectivity index (χ0v) is 13.5. The Balaban J connectivity index is 1.64. The molecule has 3 N–H and O–H groups in total. The standard InChI is InChI=1S/C17H16FN3O2S/c18-14-6-5-13(20-17(23)19-12-3-1-2-4-12)9-15(14)21-16(22)11-7-8-24-10-11/h1-2,5-10,12H,3-4H2,(H,21,22)(H2,19,20,23). The lowest BCUT2D eigenvalue weighted by Gasteiger charge is -2.14. The van der Waals surface area contributed by atoms with Crippen molar-refractivity contribution in [3.8, 4) is 0 Å². The maximum atomic E-state index is 13.9. The van der Waals surface area contributed by atoms with Crippen LogP contribution in [0.15, 0.2) is 47.2 Å². The van der Waals surface area contributed by atoms with Crippen LogP contribution in [0.2, 0.25) is 0 Å². The van der Waals surface area contributed by atoms with Crippen molar-refractivity contribution in [1.29, 1.82) is 0 Å². The van der Waals surface area contributed by atoms with Gasteiger partial charge in [-0.25, -0.2) is 9.18 Å². The summed E-state index contributed by atoms with van der Waals surface area (Å²) in [4.78, 5) is 24.0. The van der Waals surface area contributed by atoms with E-state index in [2.05, 4.69) is 16.0 Å². The van der Waals surface area contributed by atoms with E-state index >= 15 is 0 Å². The number of rotatable bonds is 4. The van der Waals surface area contributed by atoms with Crippen LogP contribution in [0, 0.1) is 5.82 Å². The second kappa shape index (κ2) is 7.27.